The zero-order valence-corrected chi connectivity index (χ0v) is 11.2. The molecule has 0 saturated heterocycles. The maximum Gasteiger partial charge on any atom is 0.342 e. The number of rotatable bonds is 5. The first-order chi connectivity index (χ1) is 9.67. The maximum atomic E-state index is 11.9. The zero-order valence-electron chi connectivity index (χ0n) is 11.2. The molecule has 0 bridgehead atoms. The third-order valence-electron chi connectivity index (χ3n) is 2.68. The van der Waals surface area contributed by atoms with Crippen LogP contribution in [0.4, 0.5) is 0 Å². The van der Waals surface area contributed by atoms with Crippen LogP contribution in [0.25, 0.3) is 11.3 Å². The Kier molecular flexibility index (Phi) is 4.24. The lowest BCUT2D eigenvalue weighted by molar-refractivity contribution is -0.142. The predicted molar refractivity (Wildman–Crippen MR) is 68.1 cm³/mol. The molecule has 0 atom stereocenters. The summed E-state index contributed by atoms with van der Waals surface area (Å²) in [5.41, 5.74) is 1.23. The van der Waals surface area contributed by atoms with Crippen molar-refractivity contribution in [1.82, 2.24) is 0 Å². The first-order valence-corrected chi connectivity index (χ1v) is 6.04. The molecule has 6 heteroatoms. The van der Waals surface area contributed by atoms with E-state index in [-0.39, 0.29) is 18.6 Å². The second-order valence-corrected chi connectivity index (χ2v) is 3.95. The van der Waals surface area contributed by atoms with Crippen LogP contribution in [0.5, 0.6) is 0 Å². The molecule has 2 rings (SSSR count). The Balaban J connectivity index is 2.38. The van der Waals surface area contributed by atoms with Crippen LogP contribution in [0.2, 0.25) is 0 Å². The monoisotopic (exact) mass is 278 g/mol. The Bertz CT molecular complexity index is 593. The van der Waals surface area contributed by atoms with Crippen molar-refractivity contribution in [3.8, 4) is 11.3 Å². The predicted octanol–water partition coefficient (Wildman–Crippen LogP) is 2.43. The summed E-state index contributed by atoms with van der Waals surface area (Å²) in [5, 5.41) is 0. The van der Waals surface area contributed by atoms with Crippen LogP contribution in [0.3, 0.4) is 0 Å². The Morgan fingerprint density at radius 1 is 1.30 bits per heavy atom. The number of hydrogen-bond acceptors (Lipinski definition) is 6. The van der Waals surface area contributed by atoms with Crippen molar-refractivity contribution in [1.29, 1.82) is 0 Å². The minimum atomic E-state index is -0.575. The van der Waals surface area contributed by atoms with Crippen LogP contribution < -0.4 is 0 Å². The fourth-order valence-corrected chi connectivity index (χ4v) is 1.82. The van der Waals surface area contributed by atoms with Gasteiger partial charge in [-0.2, -0.15) is 0 Å². The van der Waals surface area contributed by atoms with Crippen molar-refractivity contribution < 1.29 is 27.9 Å². The maximum absolute atomic E-state index is 11.9. The molecule has 0 aromatic carbocycles. The molecule has 0 aliphatic heterocycles. The number of carbonyl (C=O) groups is 2. The summed E-state index contributed by atoms with van der Waals surface area (Å²) in [6.45, 7) is 1.99. The lowest BCUT2D eigenvalue weighted by atomic mass is 10.1. The highest BCUT2D eigenvalue weighted by molar-refractivity contribution is 5.98. The van der Waals surface area contributed by atoms with Gasteiger partial charge in [0.1, 0.15) is 11.8 Å². The van der Waals surface area contributed by atoms with Crippen molar-refractivity contribution in [2.75, 3.05) is 13.7 Å². The highest BCUT2D eigenvalue weighted by atomic mass is 16.5. The number of furan rings is 2. The summed E-state index contributed by atoms with van der Waals surface area (Å²) < 4.78 is 19.9. The minimum Gasteiger partial charge on any atom is -0.472 e. The first-order valence-electron chi connectivity index (χ1n) is 6.04. The molecule has 0 fully saturated rings. The molecule has 2 aromatic heterocycles. The summed E-state index contributed by atoms with van der Waals surface area (Å²) in [6, 6.07) is 1.65. The van der Waals surface area contributed by atoms with E-state index in [0.717, 1.165) is 0 Å². The molecule has 0 radical (unpaired) electrons. The third-order valence-corrected chi connectivity index (χ3v) is 2.68. The lowest BCUT2D eigenvalue weighted by Gasteiger charge is -2.03. The molecule has 20 heavy (non-hydrogen) atoms. The smallest absolute Gasteiger partial charge is 0.342 e. The third kappa shape index (κ3) is 2.74. The fraction of sp³-hybridized carbons (Fsp3) is 0.286. The normalized spacial score (nSPS) is 10.3. The van der Waals surface area contributed by atoms with Gasteiger partial charge in [-0.15, -0.1) is 0 Å². The van der Waals surface area contributed by atoms with Gasteiger partial charge in [-0.05, 0) is 13.0 Å². The van der Waals surface area contributed by atoms with E-state index in [2.05, 4.69) is 0 Å². The number of carbonyl (C=O) groups excluding carboxylic acids is 2. The van der Waals surface area contributed by atoms with E-state index < -0.39 is 11.9 Å². The van der Waals surface area contributed by atoms with E-state index in [4.69, 9.17) is 18.3 Å². The summed E-state index contributed by atoms with van der Waals surface area (Å²) >= 11 is 0. The molecule has 2 aromatic rings. The number of esters is 2. The van der Waals surface area contributed by atoms with Crippen LogP contribution in [0.15, 0.2) is 33.7 Å². The van der Waals surface area contributed by atoms with E-state index >= 15 is 0 Å². The van der Waals surface area contributed by atoms with Gasteiger partial charge in [-0.1, -0.05) is 0 Å². The Morgan fingerprint density at radius 2 is 2.10 bits per heavy atom. The van der Waals surface area contributed by atoms with Crippen molar-refractivity contribution in [3.63, 3.8) is 0 Å². The van der Waals surface area contributed by atoms with E-state index in [1.54, 1.807) is 13.0 Å². The molecule has 0 saturated carbocycles. The van der Waals surface area contributed by atoms with Gasteiger partial charge >= 0.3 is 11.9 Å². The van der Waals surface area contributed by atoms with Gasteiger partial charge in [0.05, 0.1) is 38.2 Å². The average molecular weight is 278 g/mol. The SMILES string of the molecule is CCOC(=O)Cc1coc(-c2ccoc2)c1C(=O)OC. The van der Waals surface area contributed by atoms with Crippen LogP contribution in [-0.4, -0.2) is 25.7 Å². The molecule has 0 aliphatic carbocycles. The highest BCUT2D eigenvalue weighted by Gasteiger charge is 2.24. The zero-order chi connectivity index (χ0) is 14.5. The Hall–Kier alpha value is -2.50. The molecule has 6 nitrogen and oxygen atoms in total. The van der Waals surface area contributed by atoms with Crippen LogP contribution in [0.1, 0.15) is 22.8 Å². The highest BCUT2D eigenvalue weighted by Crippen LogP contribution is 2.29. The van der Waals surface area contributed by atoms with Gasteiger partial charge in [-0.25, -0.2) is 4.79 Å². The van der Waals surface area contributed by atoms with Crippen LogP contribution >= 0.6 is 0 Å². The first kappa shape index (κ1) is 13.9. The van der Waals surface area contributed by atoms with Gasteiger partial charge < -0.3 is 18.3 Å². The second kappa shape index (κ2) is 6.10. The Labute approximate surface area is 115 Å². The number of methoxy groups -OCH3 is 1. The van der Waals surface area contributed by atoms with Crippen molar-refractivity contribution in [2.45, 2.75) is 13.3 Å². The standard InChI is InChI=1S/C14H14O6/c1-3-19-11(15)6-10-8-20-13(9-4-5-18-7-9)12(10)14(16)17-2/h4-5,7-8H,3,6H2,1-2H3. The number of hydrogen-bond donors (Lipinski definition) is 0. The molecule has 0 spiro atoms. The summed E-state index contributed by atoms with van der Waals surface area (Å²) in [6.07, 6.45) is 4.20. The summed E-state index contributed by atoms with van der Waals surface area (Å²) in [7, 11) is 1.27. The fourth-order valence-electron chi connectivity index (χ4n) is 1.82. The average Bonchev–Trinajstić information content (AvgIpc) is 3.06. The van der Waals surface area contributed by atoms with Crippen molar-refractivity contribution in [3.05, 3.63) is 36.0 Å². The summed E-state index contributed by atoms with van der Waals surface area (Å²) in [4.78, 5) is 23.4. The van der Waals surface area contributed by atoms with Crippen molar-refractivity contribution >= 4 is 11.9 Å². The number of ether oxygens (including phenoxy) is 2. The molecular formula is C14H14O6. The lowest BCUT2D eigenvalue weighted by Crippen LogP contribution is -2.11. The molecule has 0 aliphatic rings. The Morgan fingerprint density at radius 3 is 2.70 bits per heavy atom. The second-order valence-electron chi connectivity index (χ2n) is 3.95. The van der Waals surface area contributed by atoms with E-state index in [9.17, 15) is 9.59 Å². The molecule has 0 unspecified atom stereocenters. The minimum absolute atomic E-state index is 0.0559. The van der Waals surface area contributed by atoms with E-state index in [1.807, 2.05) is 0 Å². The van der Waals surface area contributed by atoms with Crippen LogP contribution in [0, 0.1) is 0 Å². The topological polar surface area (TPSA) is 78.9 Å². The largest absolute Gasteiger partial charge is 0.472 e. The van der Waals surface area contributed by atoms with Gasteiger partial charge in [0, 0.05) is 5.56 Å². The van der Waals surface area contributed by atoms with Gasteiger partial charge in [0.15, 0.2) is 5.76 Å². The van der Waals surface area contributed by atoms with Crippen molar-refractivity contribution in [2.24, 2.45) is 0 Å². The van der Waals surface area contributed by atoms with E-state index in [0.29, 0.717) is 16.9 Å². The van der Waals surface area contributed by atoms with E-state index in [1.165, 1.54) is 25.9 Å². The van der Waals surface area contributed by atoms with Crippen LogP contribution in [-0.2, 0) is 20.7 Å². The molecule has 0 amide bonds. The molecular weight excluding hydrogens is 264 g/mol. The molecule has 0 N–H and O–H groups in total. The molecule has 2 heterocycles. The van der Waals surface area contributed by atoms with Gasteiger partial charge in [-0.3, -0.25) is 4.79 Å². The summed E-state index contributed by atoms with van der Waals surface area (Å²) in [5.74, 6) is -0.698. The molecule has 106 valence electrons. The van der Waals surface area contributed by atoms with Gasteiger partial charge in [0.25, 0.3) is 0 Å². The quantitative estimate of drug-likeness (QED) is 0.781. The van der Waals surface area contributed by atoms with Gasteiger partial charge in [0.2, 0.25) is 0 Å².